The lowest BCUT2D eigenvalue weighted by molar-refractivity contribution is 0.414. The lowest BCUT2D eigenvalue weighted by Gasteiger charge is -2.09. The fourth-order valence-corrected chi connectivity index (χ4v) is 1.86. The van der Waals surface area contributed by atoms with E-state index in [1.165, 1.54) is 0 Å². The van der Waals surface area contributed by atoms with Crippen LogP contribution in [0, 0.1) is 11.3 Å². The van der Waals surface area contributed by atoms with Crippen LogP contribution < -0.4 is 4.74 Å². The van der Waals surface area contributed by atoms with Gasteiger partial charge in [0.1, 0.15) is 5.75 Å². The summed E-state index contributed by atoms with van der Waals surface area (Å²) in [5.74, 6) is 0.640. The minimum Gasteiger partial charge on any atom is -0.497 e. The third-order valence-electron chi connectivity index (χ3n) is 2.82. The van der Waals surface area contributed by atoms with E-state index in [0.29, 0.717) is 6.42 Å². The number of ether oxygens (including phenoxy) is 1. The number of nitrogens with zero attached hydrogens (tertiary/aromatic N) is 2. The Hall–Kier alpha value is -2.34. The maximum absolute atomic E-state index is 9.26. The van der Waals surface area contributed by atoms with Gasteiger partial charge >= 0.3 is 0 Å². The van der Waals surface area contributed by atoms with Gasteiger partial charge in [0.25, 0.3) is 0 Å². The molecule has 0 saturated carbocycles. The highest BCUT2D eigenvalue weighted by atomic mass is 16.5. The molecular formula is C15H14N2O. The average molecular weight is 238 g/mol. The molecular weight excluding hydrogens is 224 g/mol. The van der Waals surface area contributed by atoms with E-state index in [-0.39, 0.29) is 5.92 Å². The smallest absolute Gasteiger partial charge is 0.119 e. The van der Waals surface area contributed by atoms with E-state index in [9.17, 15) is 5.26 Å². The second kappa shape index (κ2) is 5.83. The fraction of sp³-hybridized carbons (Fsp3) is 0.200. The zero-order chi connectivity index (χ0) is 12.8. The molecule has 0 saturated heterocycles. The summed E-state index contributed by atoms with van der Waals surface area (Å²) >= 11 is 0. The van der Waals surface area contributed by atoms with Crippen LogP contribution in [0.3, 0.4) is 0 Å². The number of benzene rings is 1. The molecule has 2 aromatic rings. The molecule has 0 fully saturated rings. The molecule has 1 atom stereocenters. The lowest BCUT2D eigenvalue weighted by atomic mass is 9.94. The number of pyridine rings is 1. The van der Waals surface area contributed by atoms with Gasteiger partial charge in [-0.05, 0) is 35.7 Å². The number of hydrogen-bond acceptors (Lipinski definition) is 3. The Morgan fingerprint density at radius 1 is 1.33 bits per heavy atom. The highest BCUT2D eigenvalue weighted by Gasteiger charge is 2.11. The molecule has 0 aliphatic heterocycles. The SMILES string of the molecule is COc1cccc(C[C@H](C#N)c2cccnc2)c1. The summed E-state index contributed by atoms with van der Waals surface area (Å²) in [5, 5.41) is 9.26. The molecule has 0 N–H and O–H groups in total. The standard InChI is InChI=1S/C15H14N2O/c1-18-15-6-2-4-12(9-15)8-14(10-16)13-5-3-7-17-11-13/h2-7,9,11,14H,8H2,1H3/t14-/m1/s1. The van der Waals surface area contributed by atoms with Crippen LogP contribution in [-0.2, 0) is 6.42 Å². The molecule has 18 heavy (non-hydrogen) atoms. The molecule has 2 rings (SSSR count). The van der Waals surface area contributed by atoms with Crippen molar-refractivity contribution in [3.05, 3.63) is 59.9 Å². The van der Waals surface area contributed by atoms with Crippen molar-refractivity contribution in [3.8, 4) is 11.8 Å². The van der Waals surface area contributed by atoms with Crippen molar-refractivity contribution in [2.75, 3.05) is 7.11 Å². The van der Waals surface area contributed by atoms with Gasteiger partial charge in [-0.2, -0.15) is 5.26 Å². The third kappa shape index (κ3) is 2.86. The molecule has 1 heterocycles. The van der Waals surface area contributed by atoms with Crippen molar-refractivity contribution >= 4 is 0 Å². The number of rotatable bonds is 4. The zero-order valence-corrected chi connectivity index (χ0v) is 10.2. The predicted molar refractivity (Wildman–Crippen MR) is 69.3 cm³/mol. The van der Waals surface area contributed by atoms with E-state index in [1.807, 2.05) is 36.4 Å². The molecule has 0 aliphatic carbocycles. The molecule has 3 heteroatoms. The highest BCUT2D eigenvalue weighted by Crippen LogP contribution is 2.21. The van der Waals surface area contributed by atoms with Crippen molar-refractivity contribution in [1.29, 1.82) is 5.26 Å². The van der Waals surface area contributed by atoms with Crippen molar-refractivity contribution in [3.63, 3.8) is 0 Å². The lowest BCUT2D eigenvalue weighted by Crippen LogP contribution is -2.01. The largest absolute Gasteiger partial charge is 0.497 e. The van der Waals surface area contributed by atoms with Crippen LogP contribution in [0.1, 0.15) is 17.0 Å². The van der Waals surface area contributed by atoms with E-state index in [2.05, 4.69) is 11.1 Å². The zero-order valence-electron chi connectivity index (χ0n) is 10.2. The van der Waals surface area contributed by atoms with E-state index >= 15 is 0 Å². The van der Waals surface area contributed by atoms with Gasteiger partial charge in [-0.25, -0.2) is 0 Å². The molecule has 1 aromatic heterocycles. The monoisotopic (exact) mass is 238 g/mol. The Morgan fingerprint density at radius 2 is 2.22 bits per heavy atom. The van der Waals surface area contributed by atoms with Crippen LogP contribution in [0.2, 0.25) is 0 Å². The first-order chi connectivity index (χ1) is 8.83. The summed E-state index contributed by atoms with van der Waals surface area (Å²) in [4.78, 5) is 4.05. The molecule has 0 spiro atoms. The quantitative estimate of drug-likeness (QED) is 0.822. The Morgan fingerprint density at radius 3 is 2.89 bits per heavy atom. The van der Waals surface area contributed by atoms with Gasteiger partial charge in [-0.15, -0.1) is 0 Å². The van der Waals surface area contributed by atoms with Crippen molar-refractivity contribution in [2.45, 2.75) is 12.3 Å². The molecule has 0 unspecified atom stereocenters. The van der Waals surface area contributed by atoms with Gasteiger partial charge in [-0.1, -0.05) is 18.2 Å². The second-order valence-corrected chi connectivity index (χ2v) is 4.02. The summed E-state index contributed by atoms with van der Waals surface area (Å²) in [5.41, 5.74) is 2.03. The Labute approximate surface area is 107 Å². The average Bonchev–Trinajstić information content (AvgIpc) is 2.46. The minimum absolute atomic E-state index is 0.175. The maximum Gasteiger partial charge on any atom is 0.119 e. The topological polar surface area (TPSA) is 45.9 Å². The van der Waals surface area contributed by atoms with Gasteiger partial charge in [0.05, 0.1) is 19.1 Å². The van der Waals surface area contributed by atoms with Crippen LogP contribution in [-0.4, -0.2) is 12.1 Å². The Kier molecular flexibility index (Phi) is 3.93. The minimum atomic E-state index is -0.175. The summed E-state index contributed by atoms with van der Waals surface area (Å²) in [6, 6.07) is 13.9. The van der Waals surface area contributed by atoms with Crippen molar-refractivity contribution in [1.82, 2.24) is 4.98 Å². The molecule has 0 bridgehead atoms. The van der Waals surface area contributed by atoms with Crippen LogP contribution in [0.4, 0.5) is 0 Å². The fourth-order valence-electron chi connectivity index (χ4n) is 1.86. The molecule has 0 aliphatic rings. The highest BCUT2D eigenvalue weighted by molar-refractivity contribution is 5.32. The van der Waals surface area contributed by atoms with Crippen molar-refractivity contribution in [2.24, 2.45) is 0 Å². The maximum atomic E-state index is 9.26. The first-order valence-corrected chi connectivity index (χ1v) is 5.76. The number of hydrogen-bond donors (Lipinski definition) is 0. The normalized spacial score (nSPS) is 11.6. The summed E-state index contributed by atoms with van der Waals surface area (Å²) < 4.78 is 5.18. The summed E-state index contributed by atoms with van der Waals surface area (Å²) in [6.45, 7) is 0. The van der Waals surface area contributed by atoms with Gasteiger partial charge in [0.15, 0.2) is 0 Å². The Balaban J connectivity index is 2.19. The second-order valence-electron chi connectivity index (χ2n) is 4.02. The van der Waals surface area contributed by atoms with Crippen LogP contribution in [0.15, 0.2) is 48.8 Å². The van der Waals surface area contributed by atoms with E-state index in [4.69, 9.17) is 4.74 Å². The van der Waals surface area contributed by atoms with Crippen molar-refractivity contribution < 1.29 is 4.74 Å². The molecule has 1 aromatic carbocycles. The van der Waals surface area contributed by atoms with E-state index in [0.717, 1.165) is 16.9 Å². The van der Waals surface area contributed by atoms with Crippen LogP contribution in [0.25, 0.3) is 0 Å². The molecule has 3 nitrogen and oxygen atoms in total. The number of nitriles is 1. The summed E-state index contributed by atoms with van der Waals surface area (Å²) in [6.07, 6.45) is 4.12. The van der Waals surface area contributed by atoms with E-state index < -0.39 is 0 Å². The van der Waals surface area contributed by atoms with Crippen LogP contribution in [0.5, 0.6) is 5.75 Å². The van der Waals surface area contributed by atoms with E-state index in [1.54, 1.807) is 19.5 Å². The predicted octanol–water partition coefficient (Wildman–Crippen LogP) is 2.94. The first kappa shape index (κ1) is 12.1. The van der Waals surface area contributed by atoms with Crippen LogP contribution >= 0.6 is 0 Å². The van der Waals surface area contributed by atoms with Gasteiger partial charge in [0, 0.05) is 12.4 Å². The third-order valence-corrected chi connectivity index (χ3v) is 2.82. The molecule has 0 amide bonds. The van der Waals surface area contributed by atoms with Gasteiger partial charge in [0.2, 0.25) is 0 Å². The Bertz CT molecular complexity index is 546. The molecule has 90 valence electrons. The number of aromatic nitrogens is 1. The van der Waals surface area contributed by atoms with Gasteiger partial charge < -0.3 is 4.74 Å². The summed E-state index contributed by atoms with van der Waals surface area (Å²) in [7, 11) is 1.64. The molecule has 0 radical (unpaired) electrons. The number of methoxy groups -OCH3 is 1. The first-order valence-electron chi connectivity index (χ1n) is 5.76. The van der Waals surface area contributed by atoms with Gasteiger partial charge in [-0.3, -0.25) is 4.98 Å².